The summed E-state index contributed by atoms with van der Waals surface area (Å²) in [6.45, 7) is 10.6. The van der Waals surface area contributed by atoms with Crippen molar-refractivity contribution in [1.82, 2.24) is 15.1 Å². The van der Waals surface area contributed by atoms with Crippen molar-refractivity contribution in [2.24, 2.45) is 0 Å². The standard InChI is InChI=1S/C37H44FN5O5/c1-23-19-43(31(18-39-23)20-42-14-15-48-21-24(42)2)25(3)34(44)37(36(47)41-30-11-7-28(8-12-30)35(45)46)22-40-33-17-27(6-13-32(33)37)16-26-4-9-29(38)10-5-26/h4-13,17,23-25,31,39-40H,14-16,18-22H2,1-3H3,(H,41,47)(H,45,46)/t23-,24-,25?,31-,37?/m1/s1. The van der Waals surface area contributed by atoms with Crippen LogP contribution in [0.4, 0.5) is 15.8 Å². The van der Waals surface area contributed by atoms with Crippen molar-refractivity contribution in [3.05, 3.63) is 94.8 Å². The zero-order valence-corrected chi connectivity index (χ0v) is 27.7. The van der Waals surface area contributed by atoms with Gasteiger partial charge in [-0.15, -0.1) is 0 Å². The van der Waals surface area contributed by atoms with Crippen LogP contribution < -0.4 is 16.0 Å². The number of ether oxygens (including phenoxy) is 1. The summed E-state index contributed by atoms with van der Waals surface area (Å²) in [6, 6.07) is 17.9. The van der Waals surface area contributed by atoms with Crippen LogP contribution in [0.15, 0.2) is 66.7 Å². The van der Waals surface area contributed by atoms with Crippen molar-refractivity contribution in [3.63, 3.8) is 0 Å². The minimum atomic E-state index is -1.54. The molecule has 0 spiro atoms. The molecule has 0 aromatic heterocycles. The number of nitrogens with zero attached hydrogens (tertiary/aromatic N) is 2. The Labute approximate surface area is 280 Å². The molecule has 2 saturated heterocycles. The minimum absolute atomic E-state index is 0.0521. The van der Waals surface area contributed by atoms with E-state index in [1.165, 1.54) is 36.4 Å². The number of carboxylic acid groups (broad SMARTS) is 1. The van der Waals surface area contributed by atoms with E-state index in [-0.39, 0.29) is 41.8 Å². The quantitative estimate of drug-likeness (QED) is 0.242. The summed E-state index contributed by atoms with van der Waals surface area (Å²) in [5, 5.41) is 19.3. The second-order valence-electron chi connectivity index (χ2n) is 13.4. The molecule has 0 bridgehead atoms. The number of hydrogen-bond donors (Lipinski definition) is 4. The van der Waals surface area contributed by atoms with Crippen LogP contribution in [-0.4, -0.2) is 103 Å². The number of amides is 1. The molecule has 0 radical (unpaired) electrons. The van der Waals surface area contributed by atoms with Crippen molar-refractivity contribution in [3.8, 4) is 0 Å². The molecule has 48 heavy (non-hydrogen) atoms. The topological polar surface area (TPSA) is 123 Å². The molecule has 3 heterocycles. The molecule has 3 aliphatic rings. The van der Waals surface area contributed by atoms with Gasteiger partial charge in [-0.3, -0.25) is 19.4 Å². The maximum atomic E-state index is 15.0. The fourth-order valence-corrected chi connectivity index (χ4v) is 7.29. The van der Waals surface area contributed by atoms with Crippen LogP contribution in [0.25, 0.3) is 0 Å². The Balaban J connectivity index is 1.33. The van der Waals surface area contributed by atoms with Gasteiger partial charge in [0.05, 0.1) is 24.8 Å². The van der Waals surface area contributed by atoms with Crippen molar-refractivity contribution in [2.75, 3.05) is 56.6 Å². The van der Waals surface area contributed by atoms with E-state index in [4.69, 9.17) is 4.74 Å². The fourth-order valence-electron chi connectivity index (χ4n) is 7.29. The second-order valence-corrected chi connectivity index (χ2v) is 13.4. The summed E-state index contributed by atoms with van der Waals surface area (Å²) in [5.41, 5.74) is 2.18. The van der Waals surface area contributed by atoms with E-state index in [1.54, 1.807) is 12.1 Å². The molecule has 10 nitrogen and oxygen atoms in total. The van der Waals surface area contributed by atoms with Crippen LogP contribution in [0.3, 0.4) is 0 Å². The third-order valence-electron chi connectivity index (χ3n) is 10.1. The first-order chi connectivity index (χ1) is 23.0. The van der Waals surface area contributed by atoms with E-state index in [2.05, 4.69) is 39.6 Å². The summed E-state index contributed by atoms with van der Waals surface area (Å²) in [7, 11) is 0. The largest absolute Gasteiger partial charge is 0.478 e. The smallest absolute Gasteiger partial charge is 0.335 e. The Morgan fingerprint density at radius 3 is 2.50 bits per heavy atom. The molecular weight excluding hydrogens is 613 g/mol. The van der Waals surface area contributed by atoms with Gasteiger partial charge in [0.15, 0.2) is 11.2 Å². The van der Waals surface area contributed by atoms with E-state index in [0.717, 1.165) is 30.8 Å². The number of morpholine rings is 1. The number of rotatable bonds is 10. The number of anilines is 2. The zero-order chi connectivity index (χ0) is 34.0. The van der Waals surface area contributed by atoms with Crippen LogP contribution in [-0.2, 0) is 26.2 Å². The van der Waals surface area contributed by atoms with Crippen LogP contribution in [0.5, 0.6) is 0 Å². The molecule has 3 aliphatic heterocycles. The first-order valence-electron chi connectivity index (χ1n) is 16.7. The van der Waals surface area contributed by atoms with Gasteiger partial charge in [-0.05, 0) is 80.8 Å². The van der Waals surface area contributed by atoms with E-state index in [0.29, 0.717) is 43.1 Å². The van der Waals surface area contributed by atoms with Crippen LogP contribution in [0.1, 0.15) is 47.8 Å². The molecule has 2 fully saturated rings. The Kier molecular flexibility index (Phi) is 9.93. The molecule has 1 amide bonds. The Morgan fingerprint density at radius 2 is 1.79 bits per heavy atom. The highest BCUT2D eigenvalue weighted by Crippen LogP contribution is 2.41. The molecule has 0 aliphatic carbocycles. The first kappa shape index (κ1) is 33.7. The number of nitrogens with one attached hydrogen (secondary N) is 3. The molecule has 6 rings (SSSR count). The number of hydrogen-bond acceptors (Lipinski definition) is 8. The average molecular weight is 658 g/mol. The van der Waals surface area contributed by atoms with E-state index in [9.17, 15) is 19.1 Å². The van der Waals surface area contributed by atoms with Gasteiger partial charge in [-0.25, -0.2) is 9.18 Å². The lowest BCUT2D eigenvalue weighted by Gasteiger charge is -2.46. The summed E-state index contributed by atoms with van der Waals surface area (Å²) >= 11 is 0. The summed E-state index contributed by atoms with van der Waals surface area (Å²) in [6.07, 6.45) is 0.565. The number of fused-ring (bicyclic) bond motifs is 1. The lowest BCUT2D eigenvalue weighted by atomic mass is 9.74. The molecule has 3 aromatic carbocycles. The molecule has 0 saturated carbocycles. The van der Waals surface area contributed by atoms with E-state index in [1.807, 2.05) is 25.1 Å². The lowest BCUT2D eigenvalue weighted by Crippen LogP contribution is -2.66. The molecule has 3 aromatic rings. The van der Waals surface area contributed by atoms with E-state index < -0.39 is 23.3 Å². The molecular formula is C37H44FN5O5. The van der Waals surface area contributed by atoms with Gasteiger partial charge in [-0.2, -0.15) is 0 Å². The normalized spacial score (nSPS) is 25.1. The van der Waals surface area contributed by atoms with Crippen LogP contribution in [0.2, 0.25) is 0 Å². The monoisotopic (exact) mass is 657 g/mol. The van der Waals surface area contributed by atoms with Gasteiger partial charge in [0.2, 0.25) is 5.91 Å². The molecule has 11 heteroatoms. The van der Waals surface area contributed by atoms with Gasteiger partial charge in [0, 0.05) is 67.8 Å². The SMILES string of the molecule is CC(C(=O)C1(C(=O)Nc2ccc(C(=O)O)cc2)CNc2cc(Cc3ccc(F)cc3)ccc21)N1C[C@@H](C)NC[C@@H]1CN1CCOC[C@H]1C. The number of carbonyl (C=O) groups is 3. The van der Waals surface area contributed by atoms with E-state index >= 15 is 4.79 Å². The second kappa shape index (κ2) is 14.1. The maximum Gasteiger partial charge on any atom is 0.335 e. The number of ketones is 1. The predicted octanol–water partition coefficient (Wildman–Crippen LogP) is 3.76. The molecule has 2 unspecified atom stereocenters. The van der Waals surface area contributed by atoms with Crippen molar-refractivity contribution >= 4 is 29.0 Å². The number of halogens is 1. The first-order valence-corrected chi connectivity index (χ1v) is 16.7. The maximum absolute atomic E-state index is 15.0. The van der Waals surface area contributed by atoms with Crippen molar-refractivity contribution in [2.45, 2.75) is 56.8 Å². The fraction of sp³-hybridized carbons (Fsp3) is 0.432. The number of Topliss-reactive ketones (excluding diaryl/α,β-unsaturated/α-hetero) is 1. The van der Waals surface area contributed by atoms with Gasteiger partial charge in [0.1, 0.15) is 5.82 Å². The lowest BCUT2D eigenvalue weighted by molar-refractivity contribution is -0.137. The highest BCUT2D eigenvalue weighted by atomic mass is 19.1. The Hall–Kier alpha value is -4.16. The van der Waals surface area contributed by atoms with Gasteiger partial charge in [-0.1, -0.05) is 24.3 Å². The van der Waals surface area contributed by atoms with Gasteiger partial charge in [0.25, 0.3) is 0 Å². The Morgan fingerprint density at radius 1 is 1.06 bits per heavy atom. The number of piperazine rings is 1. The average Bonchev–Trinajstić information content (AvgIpc) is 3.47. The van der Waals surface area contributed by atoms with Crippen molar-refractivity contribution in [1.29, 1.82) is 0 Å². The highest BCUT2D eigenvalue weighted by molar-refractivity contribution is 6.20. The number of aromatic carboxylic acids is 1. The zero-order valence-electron chi connectivity index (χ0n) is 27.7. The minimum Gasteiger partial charge on any atom is -0.478 e. The predicted molar refractivity (Wildman–Crippen MR) is 182 cm³/mol. The third-order valence-corrected chi connectivity index (χ3v) is 10.1. The van der Waals surface area contributed by atoms with Gasteiger partial charge < -0.3 is 25.8 Å². The number of carboxylic acids is 1. The molecule has 4 N–H and O–H groups in total. The third kappa shape index (κ3) is 6.86. The summed E-state index contributed by atoms with van der Waals surface area (Å²) < 4.78 is 19.2. The summed E-state index contributed by atoms with van der Waals surface area (Å²) in [5.74, 6) is -2.03. The van der Waals surface area contributed by atoms with Crippen LogP contribution in [0, 0.1) is 5.82 Å². The molecule has 5 atom stereocenters. The summed E-state index contributed by atoms with van der Waals surface area (Å²) in [4.78, 5) is 45.6. The number of carbonyl (C=O) groups excluding carboxylic acids is 2. The Bertz CT molecular complexity index is 1650. The van der Waals surface area contributed by atoms with Gasteiger partial charge >= 0.3 is 5.97 Å². The highest BCUT2D eigenvalue weighted by Gasteiger charge is 2.54. The van der Waals surface area contributed by atoms with Crippen LogP contribution >= 0.6 is 0 Å². The van der Waals surface area contributed by atoms with Crippen molar-refractivity contribution < 1.29 is 28.6 Å². The molecule has 254 valence electrons. The number of benzene rings is 3.